The van der Waals surface area contributed by atoms with Gasteiger partial charge in [-0.1, -0.05) is 18.2 Å². The van der Waals surface area contributed by atoms with Crippen molar-refractivity contribution in [3.8, 4) is 11.5 Å². The highest BCUT2D eigenvalue weighted by Crippen LogP contribution is 2.38. The van der Waals surface area contributed by atoms with Crippen LogP contribution in [0.15, 0.2) is 47.6 Å². The first kappa shape index (κ1) is 18.9. The number of anilines is 1. The smallest absolute Gasteiger partial charge is 0.416 e. The monoisotopic (exact) mass is 417 g/mol. The number of hydrogen-bond donors (Lipinski definition) is 0. The molecule has 3 aliphatic heterocycles. The first-order valence-electron chi connectivity index (χ1n) is 9.58. The number of amides is 1. The molecule has 0 bridgehead atoms. The van der Waals surface area contributed by atoms with Crippen LogP contribution in [-0.4, -0.2) is 36.4 Å². The summed E-state index contributed by atoms with van der Waals surface area (Å²) < 4.78 is 49.6. The molecule has 1 fully saturated rings. The standard InChI is InChI=1S/C21H18F3N3O3/c22-21(23,24)14-3-1-2-13(8-14)10-26-7-6-16-17(11-26)25-27(20(16)28)15-4-5-18-19(9-15)30-12-29-18/h1-5,8-9,16H,6-7,10-12H2. The van der Waals surface area contributed by atoms with Crippen LogP contribution in [0.2, 0.25) is 0 Å². The normalized spacial score (nSPS) is 21.0. The van der Waals surface area contributed by atoms with Crippen LogP contribution < -0.4 is 14.5 Å². The lowest BCUT2D eigenvalue weighted by Crippen LogP contribution is -2.41. The highest BCUT2D eigenvalue weighted by molar-refractivity contribution is 6.16. The number of piperidine rings is 1. The van der Waals surface area contributed by atoms with E-state index in [2.05, 4.69) is 5.10 Å². The van der Waals surface area contributed by atoms with Gasteiger partial charge in [-0.05, 0) is 30.2 Å². The quantitative estimate of drug-likeness (QED) is 0.765. The minimum absolute atomic E-state index is 0.0948. The van der Waals surface area contributed by atoms with Gasteiger partial charge in [0.2, 0.25) is 6.79 Å². The molecule has 30 heavy (non-hydrogen) atoms. The van der Waals surface area contributed by atoms with Crippen LogP contribution in [0.25, 0.3) is 0 Å². The number of likely N-dealkylation sites (tertiary alicyclic amines) is 1. The third kappa shape index (κ3) is 3.39. The van der Waals surface area contributed by atoms with Gasteiger partial charge in [-0.25, -0.2) is 5.01 Å². The Morgan fingerprint density at radius 3 is 2.77 bits per heavy atom. The highest BCUT2D eigenvalue weighted by atomic mass is 19.4. The Morgan fingerprint density at radius 2 is 1.93 bits per heavy atom. The Morgan fingerprint density at radius 1 is 1.10 bits per heavy atom. The van der Waals surface area contributed by atoms with Crippen molar-refractivity contribution in [3.05, 3.63) is 53.6 Å². The van der Waals surface area contributed by atoms with Crippen molar-refractivity contribution in [2.45, 2.75) is 19.1 Å². The molecule has 9 heteroatoms. The van der Waals surface area contributed by atoms with Crippen LogP contribution in [0.1, 0.15) is 17.5 Å². The summed E-state index contributed by atoms with van der Waals surface area (Å²) in [7, 11) is 0. The molecule has 0 N–H and O–H groups in total. The second-order valence-electron chi connectivity index (χ2n) is 7.53. The summed E-state index contributed by atoms with van der Waals surface area (Å²) in [5.74, 6) is 0.806. The third-order valence-electron chi connectivity index (χ3n) is 5.52. The van der Waals surface area contributed by atoms with Crippen LogP contribution in [0.4, 0.5) is 18.9 Å². The lowest BCUT2D eigenvalue weighted by molar-refractivity contribution is -0.137. The zero-order chi connectivity index (χ0) is 20.9. The number of carbonyl (C=O) groups excluding carboxylic acids is 1. The molecule has 1 unspecified atom stereocenters. The van der Waals surface area contributed by atoms with E-state index in [4.69, 9.17) is 9.47 Å². The van der Waals surface area contributed by atoms with Crippen molar-refractivity contribution in [2.75, 3.05) is 24.9 Å². The molecular formula is C21H18F3N3O3. The SMILES string of the molecule is O=C1C2CCN(Cc3cccc(C(F)(F)F)c3)CC2=NN1c1ccc2c(c1)OCO2. The van der Waals surface area contributed by atoms with Gasteiger partial charge in [0.05, 0.1) is 22.9 Å². The number of alkyl halides is 3. The summed E-state index contributed by atoms with van der Waals surface area (Å²) in [4.78, 5) is 14.9. The lowest BCUT2D eigenvalue weighted by atomic mass is 9.94. The molecule has 156 valence electrons. The van der Waals surface area contributed by atoms with Crippen LogP contribution in [0.3, 0.4) is 0 Å². The van der Waals surface area contributed by atoms with Gasteiger partial charge in [-0.2, -0.15) is 18.3 Å². The van der Waals surface area contributed by atoms with E-state index in [1.54, 1.807) is 24.3 Å². The first-order valence-corrected chi connectivity index (χ1v) is 9.58. The molecule has 0 radical (unpaired) electrons. The molecule has 0 aliphatic carbocycles. The number of fused-ring (bicyclic) bond motifs is 2. The van der Waals surface area contributed by atoms with Gasteiger partial charge in [0.15, 0.2) is 11.5 Å². The van der Waals surface area contributed by atoms with E-state index in [9.17, 15) is 18.0 Å². The second kappa shape index (κ2) is 7.02. The number of hydrogen-bond acceptors (Lipinski definition) is 5. The Kier molecular flexibility index (Phi) is 4.43. The lowest BCUT2D eigenvalue weighted by Gasteiger charge is -2.29. The Labute approximate surface area is 170 Å². The number of halogens is 3. The van der Waals surface area contributed by atoms with E-state index in [0.717, 1.165) is 11.8 Å². The maximum atomic E-state index is 13.0. The number of nitrogens with zero attached hydrogens (tertiary/aromatic N) is 3. The molecule has 1 atom stereocenters. The van der Waals surface area contributed by atoms with Crippen molar-refractivity contribution in [1.82, 2.24) is 4.90 Å². The Balaban J connectivity index is 1.32. The van der Waals surface area contributed by atoms with Gasteiger partial charge in [0.25, 0.3) is 5.91 Å². The average molecular weight is 417 g/mol. The van der Waals surface area contributed by atoms with E-state index >= 15 is 0 Å². The predicted octanol–water partition coefficient (Wildman–Crippen LogP) is 3.66. The number of carbonyl (C=O) groups is 1. The summed E-state index contributed by atoms with van der Waals surface area (Å²) in [6, 6.07) is 10.6. The van der Waals surface area contributed by atoms with E-state index in [-0.39, 0.29) is 18.6 Å². The van der Waals surface area contributed by atoms with Crippen LogP contribution >= 0.6 is 0 Å². The molecule has 1 saturated heterocycles. The number of hydrazone groups is 1. The summed E-state index contributed by atoms with van der Waals surface area (Å²) in [5.41, 5.74) is 1.27. The van der Waals surface area contributed by atoms with Gasteiger partial charge in [0, 0.05) is 25.7 Å². The summed E-state index contributed by atoms with van der Waals surface area (Å²) in [6.45, 7) is 1.57. The average Bonchev–Trinajstić information content (AvgIpc) is 3.31. The van der Waals surface area contributed by atoms with Crippen molar-refractivity contribution >= 4 is 17.3 Å². The fourth-order valence-corrected chi connectivity index (χ4v) is 4.03. The van der Waals surface area contributed by atoms with Crippen LogP contribution in [0.5, 0.6) is 11.5 Å². The highest BCUT2D eigenvalue weighted by Gasteiger charge is 2.40. The van der Waals surface area contributed by atoms with Crippen molar-refractivity contribution in [1.29, 1.82) is 0 Å². The number of benzene rings is 2. The maximum Gasteiger partial charge on any atom is 0.416 e. The second-order valence-corrected chi connectivity index (χ2v) is 7.53. The van der Waals surface area contributed by atoms with Gasteiger partial charge in [-0.15, -0.1) is 0 Å². The van der Waals surface area contributed by atoms with Gasteiger partial charge in [0.1, 0.15) is 0 Å². The number of ether oxygens (including phenoxy) is 2. The van der Waals surface area contributed by atoms with E-state index in [1.807, 2.05) is 4.90 Å². The molecular weight excluding hydrogens is 399 g/mol. The fraction of sp³-hybridized carbons (Fsp3) is 0.333. The first-order chi connectivity index (χ1) is 14.4. The fourth-order valence-electron chi connectivity index (χ4n) is 4.03. The third-order valence-corrected chi connectivity index (χ3v) is 5.52. The van der Waals surface area contributed by atoms with E-state index in [0.29, 0.717) is 48.8 Å². The van der Waals surface area contributed by atoms with Gasteiger partial charge < -0.3 is 9.47 Å². The maximum absolute atomic E-state index is 13.0. The molecule has 0 saturated carbocycles. The Bertz CT molecular complexity index is 1040. The molecule has 0 spiro atoms. The van der Waals surface area contributed by atoms with Gasteiger partial charge in [-0.3, -0.25) is 9.69 Å². The largest absolute Gasteiger partial charge is 0.454 e. The summed E-state index contributed by atoms with van der Waals surface area (Å²) >= 11 is 0. The molecule has 0 aromatic heterocycles. The molecule has 3 heterocycles. The van der Waals surface area contributed by atoms with Crippen LogP contribution in [0, 0.1) is 5.92 Å². The molecule has 2 aromatic rings. The van der Waals surface area contributed by atoms with Crippen LogP contribution in [-0.2, 0) is 17.5 Å². The molecule has 5 rings (SSSR count). The van der Waals surface area contributed by atoms with Crippen molar-refractivity contribution < 1.29 is 27.4 Å². The van der Waals surface area contributed by atoms with E-state index < -0.39 is 11.7 Å². The summed E-state index contributed by atoms with van der Waals surface area (Å²) in [5, 5.41) is 5.90. The zero-order valence-corrected chi connectivity index (χ0v) is 15.9. The molecule has 1 amide bonds. The zero-order valence-electron chi connectivity index (χ0n) is 15.9. The Hall–Kier alpha value is -3.07. The molecule has 3 aliphatic rings. The van der Waals surface area contributed by atoms with Gasteiger partial charge >= 0.3 is 6.18 Å². The van der Waals surface area contributed by atoms with Crippen molar-refractivity contribution in [3.63, 3.8) is 0 Å². The molecule has 6 nitrogen and oxygen atoms in total. The minimum atomic E-state index is -4.37. The summed E-state index contributed by atoms with van der Waals surface area (Å²) in [6.07, 6.45) is -3.78. The number of rotatable bonds is 3. The minimum Gasteiger partial charge on any atom is -0.454 e. The topological polar surface area (TPSA) is 54.4 Å². The van der Waals surface area contributed by atoms with Crippen molar-refractivity contribution in [2.24, 2.45) is 11.0 Å². The van der Waals surface area contributed by atoms with E-state index in [1.165, 1.54) is 17.1 Å². The molecule has 2 aromatic carbocycles. The predicted molar refractivity (Wildman–Crippen MR) is 102 cm³/mol.